The van der Waals surface area contributed by atoms with Crippen molar-refractivity contribution in [3.8, 4) is 0 Å². The lowest BCUT2D eigenvalue weighted by Crippen LogP contribution is -2.37. The minimum absolute atomic E-state index is 0.0636. The van der Waals surface area contributed by atoms with Gasteiger partial charge in [0.25, 0.3) is 6.43 Å². The van der Waals surface area contributed by atoms with Crippen LogP contribution < -0.4 is 5.32 Å². The second-order valence-electron chi connectivity index (χ2n) is 5.31. The Morgan fingerprint density at radius 3 is 2.50 bits per heavy atom. The van der Waals surface area contributed by atoms with E-state index in [2.05, 4.69) is 5.32 Å². The summed E-state index contributed by atoms with van der Waals surface area (Å²) in [5.74, 6) is -0.0636. The van der Waals surface area contributed by atoms with E-state index < -0.39 is 27.5 Å². The first kappa shape index (κ1) is 16.7. The molecule has 2 rings (SSSR count). The third-order valence-corrected chi connectivity index (χ3v) is 5.98. The van der Waals surface area contributed by atoms with Gasteiger partial charge in [0.2, 0.25) is 0 Å². The average molecular weight is 332 g/mol. The van der Waals surface area contributed by atoms with Crippen LogP contribution >= 0.6 is 0 Å². The van der Waals surface area contributed by atoms with Crippen molar-refractivity contribution in [1.29, 1.82) is 0 Å². The highest BCUT2D eigenvalue weighted by Gasteiger charge is 2.28. The predicted octanol–water partition coefficient (Wildman–Crippen LogP) is 2.67. The SMILES string of the molecule is C[C@H]1CCN(C(=O)Nc2ccc(C(F)F)cc2)CCS1(=O)=O. The molecule has 22 heavy (non-hydrogen) atoms. The highest BCUT2D eigenvalue weighted by molar-refractivity contribution is 7.92. The monoisotopic (exact) mass is 332 g/mol. The largest absolute Gasteiger partial charge is 0.323 e. The molecule has 1 aliphatic rings. The van der Waals surface area contributed by atoms with E-state index in [9.17, 15) is 22.0 Å². The van der Waals surface area contributed by atoms with Gasteiger partial charge in [0.15, 0.2) is 9.84 Å². The topological polar surface area (TPSA) is 66.5 Å². The van der Waals surface area contributed by atoms with Crippen LogP contribution in [0.5, 0.6) is 0 Å². The molecule has 0 radical (unpaired) electrons. The van der Waals surface area contributed by atoms with Gasteiger partial charge >= 0.3 is 6.03 Å². The Morgan fingerprint density at radius 2 is 1.91 bits per heavy atom. The van der Waals surface area contributed by atoms with E-state index in [1.165, 1.54) is 29.2 Å². The van der Waals surface area contributed by atoms with E-state index in [4.69, 9.17) is 0 Å². The average Bonchev–Trinajstić information content (AvgIpc) is 2.59. The lowest BCUT2D eigenvalue weighted by Gasteiger charge is -2.20. The number of nitrogens with one attached hydrogen (secondary N) is 1. The Kier molecular flexibility index (Phi) is 5.00. The van der Waals surface area contributed by atoms with Gasteiger partial charge in [-0.3, -0.25) is 0 Å². The van der Waals surface area contributed by atoms with Crippen LogP contribution in [0.1, 0.15) is 25.3 Å². The van der Waals surface area contributed by atoms with Gasteiger partial charge < -0.3 is 10.2 Å². The number of halogens is 2. The molecule has 1 aromatic rings. The van der Waals surface area contributed by atoms with Crippen molar-refractivity contribution in [3.63, 3.8) is 0 Å². The van der Waals surface area contributed by atoms with Gasteiger partial charge in [-0.15, -0.1) is 0 Å². The van der Waals surface area contributed by atoms with Crippen LogP contribution in [0.25, 0.3) is 0 Å². The minimum atomic E-state index is -3.16. The molecule has 1 saturated heterocycles. The fourth-order valence-electron chi connectivity index (χ4n) is 2.19. The maximum atomic E-state index is 12.5. The smallest absolute Gasteiger partial charge is 0.321 e. The molecule has 0 unspecified atom stereocenters. The third kappa shape index (κ3) is 3.94. The van der Waals surface area contributed by atoms with Crippen LogP contribution in [0.4, 0.5) is 19.3 Å². The Hall–Kier alpha value is -1.70. The fraction of sp³-hybridized carbons (Fsp3) is 0.500. The van der Waals surface area contributed by atoms with E-state index in [0.29, 0.717) is 18.7 Å². The van der Waals surface area contributed by atoms with Gasteiger partial charge in [0.1, 0.15) is 0 Å². The third-order valence-electron chi connectivity index (χ3n) is 3.77. The number of hydrogen-bond donors (Lipinski definition) is 1. The zero-order chi connectivity index (χ0) is 16.3. The summed E-state index contributed by atoms with van der Waals surface area (Å²) in [7, 11) is -3.16. The first-order chi connectivity index (χ1) is 10.3. The molecular weight excluding hydrogens is 314 g/mol. The summed E-state index contributed by atoms with van der Waals surface area (Å²) in [6.45, 7) is 2.12. The Bertz CT molecular complexity index is 632. The fourth-order valence-corrected chi connectivity index (χ4v) is 3.53. The van der Waals surface area contributed by atoms with E-state index >= 15 is 0 Å². The molecule has 5 nitrogen and oxygen atoms in total. The quantitative estimate of drug-likeness (QED) is 0.905. The number of amides is 2. The first-order valence-corrected chi connectivity index (χ1v) is 8.67. The van der Waals surface area contributed by atoms with Crippen molar-refractivity contribution in [3.05, 3.63) is 29.8 Å². The highest BCUT2D eigenvalue weighted by Crippen LogP contribution is 2.21. The number of hydrogen-bond acceptors (Lipinski definition) is 3. The zero-order valence-corrected chi connectivity index (χ0v) is 12.9. The molecule has 1 aliphatic heterocycles. The molecule has 122 valence electrons. The normalized spacial score (nSPS) is 21.5. The Labute approximate surface area is 128 Å². The summed E-state index contributed by atoms with van der Waals surface area (Å²) in [6, 6.07) is 4.87. The molecule has 1 atom stereocenters. The standard InChI is InChI=1S/C14H18F2N2O3S/c1-10-6-7-18(8-9-22(10,20)21)14(19)17-12-4-2-11(3-5-12)13(15)16/h2-5,10,13H,6-9H2,1H3,(H,17,19)/t10-/m0/s1. The highest BCUT2D eigenvalue weighted by atomic mass is 32.2. The summed E-state index contributed by atoms with van der Waals surface area (Å²) >= 11 is 0. The van der Waals surface area contributed by atoms with E-state index in [-0.39, 0.29) is 17.9 Å². The number of benzene rings is 1. The molecular formula is C14H18F2N2O3S. The lowest BCUT2D eigenvalue weighted by atomic mass is 10.2. The summed E-state index contributed by atoms with van der Waals surface area (Å²) in [6.07, 6.45) is -2.16. The van der Waals surface area contributed by atoms with Gasteiger partial charge in [0.05, 0.1) is 11.0 Å². The van der Waals surface area contributed by atoms with Gasteiger partial charge in [-0.05, 0) is 25.5 Å². The van der Waals surface area contributed by atoms with Crippen LogP contribution in [0, 0.1) is 0 Å². The molecule has 1 fully saturated rings. The van der Waals surface area contributed by atoms with Gasteiger partial charge in [-0.25, -0.2) is 22.0 Å². The van der Waals surface area contributed by atoms with Crippen molar-refractivity contribution in [2.24, 2.45) is 0 Å². The number of alkyl halides is 2. The van der Waals surface area contributed by atoms with Crippen LogP contribution in [0.3, 0.4) is 0 Å². The Morgan fingerprint density at radius 1 is 1.27 bits per heavy atom. The van der Waals surface area contributed by atoms with Crippen molar-refractivity contribution in [2.75, 3.05) is 24.2 Å². The molecule has 2 amide bonds. The number of carbonyl (C=O) groups excluding carboxylic acids is 1. The van der Waals surface area contributed by atoms with Gasteiger partial charge in [-0.2, -0.15) is 0 Å². The molecule has 0 spiro atoms. The van der Waals surface area contributed by atoms with Crippen molar-refractivity contribution < 1.29 is 22.0 Å². The van der Waals surface area contributed by atoms with Crippen molar-refractivity contribution in [2.45, 2.75) is 25.0 Å². The number of rotatable bonds is 2. The molecule has 0 aromatic heterocycles. The number of urea groups is 1. The van der Waals surface area contributed by atoms with E-state index in [1.807, 2.05) is 0 Å². The Balaban J connectivity index is 2.00. The number of anilines is 1. The van der Waals surface area contributed by atoms with Crippen LogP contribution in [-0.4, -0.2) is 43.4 Å². The van der Waals surface area contributed by atoms with Gasteiger partial charge in [-0.1, -0.05) is 12.1 Å². The molecule has 8 heteroatoms. The van der Waals surface area contributed by atoms with Crippen molar-refractivity contribution >= 4 is 21.6 Å². The van der Waals surface area contributed by atoms with Crippen LogP contribution in [0.15, 0.2) is 24.3 Å². The number of nitrogens with zero attached hydrogens (tertiary/aromatic N) is 1. The van der Waals surface area contributed by atoms with Crippen LogP contribution in [-0.2, 0) is 9.84 Å². The second kappa shape index (κ2) is 6.60. The maximum Gasteiger partial charge on any atom is 0.321 e. The molecule has 0 bridgehead atoms. The first-order valence-electron chi connectivity index (χ1n) is 6.95. The van der Waals surface area contributed by atoms with Crippen LogP contribution in [0.2, 0.25) is 0 Å². The molecule has 1 aromatic carbocycles. The lowest BCUT2D eigenvalue weighted by molar-refractivity contribution is 0.151. The summed E-state index contributed by atoms with van der Waals surface area (Å²) in [5, 5.41) is 2.13. The predicted molar refractivity (Wildman–Crippen MR) is 79.9 cm³/mol. The summed E-state index contributed by atoms with van der Waals surface area (Å²) < 4.78 is 48.5. The maximum absolute atomic E-state index is 12.5. The molecule has 0 saturated carbocycles. The molecule has 1 heterocycles. The van der Waals surface area contributed by atoms with E-state index in [1.54, 1.807) is 6.92 Å². The minimum Gasteiger partial charge on any atom is -0.323 e. The van der Waals surface area contributed by atoms with Gasteiger partial charge in [0, 0.05) is 24.3 Å². The second-order valence-corrected chi connectivity index (χ2v) is 7.84. The van der Waals surface area contributed by atoms with Crippen molar-refractivity contribution in [1.82, 2.24) is 4.90 Å². The number of carbonyl (C=O) groups is 1. The summed E-state index contributed by atoms with van der Waals surface area (Å²) in [4.78, 5) is 13.6. The molecule has 0 aliphatic carbocycles. The molecule has 1 N–H and O–H groups in total. The van der Waals surface area contributed by atoms with E-state index in [0.717, 1.165) is 0 Å². The zero-order valence-electron chi connectivity index (χ0n) is 12.1. The summed E-state index contributed by atoms with van der Waals surface area (Å²) in [5.41, 5.74) is 0.280. The number of sulfone groups is 1.